The molecule has 0 aromatic heterocycles. The second-order valence-electron chi connectivity index (χ2n) is 7.29. The van der Waals surface area contributed by atoms with E-state index in [1.807, 2.05) is 11.8 Å². The van der Waals surface area contributed by atoms with Crippen LogP contribution in [0, 0.1) is 5.92 Å². The smallest absolute Gasteiger partial charge is 0.194 e. The Morgan fingerprint density at radius 3 is 2.64 bits per heavy atom. The van der Waals surface area contributed by atoms with Crippen molar-refractivity contribution in [2.45, 2.75) is 31.4 Å². The van der Waals surface area contributed by atoms with Crippen molar-refractivity contribution in [1.82, 2.24) is 10.2 Å². The summed E-state index contributed by atoms with van der Waals surface area (Å²) in [7, 11) is -6.00. The van der Waals surface area contributed by atoms with E-state index in [0.717, 1.165) is 18.5 Å². The molecule has 2 saturated heterocycles. The Morgan fingerprint density at radius 2 is 2.08 bits per heavy atom. The van der Waals surface area contributed by atoms with Crippen LogP contribution in [0.15, 0.2) is 17.1 Å². The first-order valence-corrected chi connectivity index (χ1v) is 12.4. The minimum atomic E-state index is -3.09. The quantitative estimate of drug-likeness (QED) is 0.415. The van der Waals surface area contributed by atoms with E-state index in [-0.39, 0.29) is 22.7 Å². The number of hydrogen-bond donors (Lipinski definition) is 1. The van der Waals surface area contributed by atoms with E-state index >= 15 is 0 Å². The van der Waals surface area contributed by atoms with Crippen LogP contribution < -0.4 is 5.32 Å². The summed E-state index contributed by atoms with van der Waals surface area (Å²) in [5.41, 5.74) is 0.916. The Bertz CT molecular complexity index is 728. The fourth-order valence-electron chi connectivity index (χ4n) is 3.23. The minimum absolute atomic E-state index is 0.0792. The first kappa shape index (κ1) is 20.2. The molecule has 144 valence electrons. The van der Waals surface area contributed by atoms with Gasteiger partial charge >= 0.3 is 0 Å². The number of nitrogens with zero attached hydrogens (tertiary/aromatic N) is 2. The summed E-state index contributed by atoms with van der Waals surface area (Å²) in [6.45, 7) is 7.91. The third-order valence-corrected chi connectivity index (χ3v) is 8.09. The molecule has 1 N–H and O–H groups in total. The van der Waals surface area contributed by atoms with Crippen LogP contribution in [0.1, 0.15) is 26.2 Å². The summed E-state index contributed by atoms with van der Waals surface area (Å²) in [6.07, 6.45) is 3.41. The fraction of sp³-hybridized carbons (Fsp3) is 0.812. The van der Waals surface area contributed by atoms with Crippen molar-refractivity contribution in [3.63, 3.8) is 0 Å². The van der Waals surface area contributed by atoms with Crippen molar-refractivity contribution in [3.05, 3.63) is 12.2 Å². The molecule has 0 bridgehead atoms. The maximum Gasteiger partial charge on any atom is 0.194 e. The number of hydrogen-bond acceptors (Lipinski definition) is 5. The first-order valence-electron chi connectivity index (χ1n) is 8.64. The van der Waals surface area contributed by atoms with Gasteiger partial charge in [-0.2, -0.15) is 0 Å². The van der Waals surface area contributed by atoms with Gasteiger partial charge in [0.2, 0.25) is 0 Å². The normalized spacial score (nSPS) is 27.3. The lowest BCUT2D eigenvalue weighted by atomic mass is 10.1. The second-order valence-corrected chi connectivity index (χ2v) is 11.8. The molecule has 25 heavy (non-hydrogen) atoms. The Balaban J connectivity index is 2.05. The van der Waals surface area contributed by atoms with Crippen LogP contribution in [0.2, 0.25) is 0 Å². The number of guanidine groups is 1. The molecule has 0 aromatic rings. The number of aliphatic imine (C=N–C) groups is 1. The molecule has 7 nitrogen and oxygen atoms in total. The Morgan fingerprint density at radius 1 is 1.36 bits per heavy atom. The summed E-state index contributed by atoms with van der Waals surface area (Å²) in [5.74, 6) is 1.19. The van der Waals surface area contributed by atoms with Crippen molar-refractivity contribution in [2.24, 2.45) is 10.9 Å². The molecular weight excluding hydrogens is 362 g/mol. The van der Waals surface area contributed by atoms with Crippen molar-refractivity contribution in [3.8, 4) is 0 Å². The number of sulfone groups is 2. The number of rotatable bonds is 5. The Kier molecular flexibility index (Phi) is 6.53. The third kappa shape index (κ3) is 6.29. The van der Waals surface area contributed by atoms with Crippen LogP contribution in [0.3, 0.4) is 0 Å². The molecule has 2 aliphatic heterocycles. The largest absolute Gasteiger partial charge is 0.356 e. The number of piperidine rings is 1. The van der Waals surface area contributed by atoms with Crippen LogP contribution in [0.4, 0.5) is 0 Å². The van der Waals surface area contributed by atoms with E-state index < -0.39 is 19.7 Å². The van der Waals surface area contributed by atoms with Crippen LogP contribution in [0.25, 0.3) is 0 Å². The summed E-state index contributed by atoms with van der Waals surface area (Å²) >= 11 is 0. The molecule has 2 aliphatic rings. The lowest BCUT2D eigenvalue weighted by Gasteiger charge is -2.34. The van der Waals surface area contributed by atoms with Crippen molar-refractivity contribution < 1.29 is 16.8 Å². The molecule has 2 heterocycles. The lowest BCUT2D eigenvalue weighted by molar-refractivity contribution is 0.329. The first-order chi connectivity index (χ1) is 11.6. The van der Waals surface area contributed by atoms with Crippen LogP contribution in [-0.4, -0.2) is 76.9 Å². The SMILES string of the molecule is C=C(C)CN=C(NCC1CCS(=O)(=O)C1)N1CCCC(S(C)(=O)=O)C1. The van der Waals surface area contributed by atoms with E-state index in [2.05, 4.69) is 16.9 Å². The van der Waals surface area contributed by atoms with Gasteiger partial charge in [0.1, 0.15) is 0 Å². The topological polar surface area (TPSA) is 95.9 Å². The van der Waals surface area contributed by atoms with Gasteiger partial charge in [0.25, 0.3) is 0 Å². The van der Waals surface area contributed by atoms with Gasteiger partial charge in [-0.25, -0.2) is 21.8 Å². The fourth-order valence-corrected chi connectivity index (χ4v) is 6.13. The van der Waals surface area contributed by atoms with E-state index in [4.69, 9.17) is 0 Å². The molecule has 0 spiro atoms. The average Bonchev–Trinajstić information content (AvgIpc) is 2.85. The van der Waals surface area contributed by atoms with Gasteiger partial charge in [0, 0.05) is 25.9 Å². The van der Waals surface area contributed by atoms with E-state index in [1.54, 1.807) is 0 Å². The van der Waals surface area contributed by atoms with Gasteiger partial charge in [-0.15, -0.1) is 0 Å². The number of likely N-dealkylation sites (tertiary alicyclic amines) is 1. The van der Waals surface area contributed by atoms with Gasteiger partial charge in [0.15, 0.2) is 25.6 Å². The molecule has 0 aliphatic carbocycles. The molecule has 2 fully saturated rings. The van der Waals surface area contributed by atoms with Crippen molar-refractivity contribution >= 4 is 25.6 Å². The number of nitrogens with one attached hydrogen (secondary N) is 1. The monoisotopic (exact) mass is 391 g/mol. The maximum absolute atomic E-state index is 11.9. The maximum atomic E-state index is 11.9. The summed E-state index contributed by atoms with van der Waals surface area (Å²) in [6, 6.07) is 0. The van der Waals surface area contributed by atoms with Gasteiger partial charge in [-0.05, 0) is 32.1 Å². The van der Waals surface area contributed by atoms with Crippen molar-refractivity contribution in [1.29, 1.82) is 0 Å². The lowest BCUT2D eigenvalue weighted by Crippen LogP contribution is -2.50. The highest BCUT2D eigenvalue weighted by molar-refractivity contribution is 7.91. The molecule has 2 atom stereocenters. The molecule has 0 radical (unpaired) electrons. The molecule has 0 amide bonds. The summed E-state index contributed by atoms with van der Waals surface area (Å²) in [4.78, 5) is 6.52. The highest BCUT2D eigenvalue weighted by atomic mass is 32.2. The highest BCUT2D eigenvalue weighted by Crippen LogP contribution is 2.19. The van der Waals surface area contributed by atoms with Gasteiger partial charge in [-0.3, -0.25) is 0 Å². The van der Waals surface area contributed by atoms with E-state index in [9.17, 15) is 16.8 Å². The van der Waals surface area contributed by atoms with E-state index in [1.165, 1.54) is 6.26 Å². The molecule has 0 aromatic carbocycles. The predicted molar refractivity (Wildman–Crippen MR) is 101 cm³/mol. The van der Waals surface area contributed by atoms with E-state index in [0.29, 0.717) is 38.4 Å². The van der Waals surface area contributed by atoms with Gasteiger partial charge < -0.3 is 10.2 Å². The summed E-state index contributed by atoms with van der Waals surface area (Å²) < 4.78 is 47.0. The molecule has 9 heteroatoms. The zero-order valence-electron chi connectivity index (χ0n) is 15.1. The third-order valence-electron chi connectivity index (χ3n) is 4.66. The standard InChI is InChI=1S/C16H29N3O4S2/c1-13(2)9-17-16(18-10-14-6-8-25(22,23)12-14)19-7-4-5-15(11-19)24(3,20)21/h14-15H,1,4-12H2,2-3H3,(H,17,18). The molecule has 2 unspecified atom stereocenters. The highest BCUT2D eigenvalue weighted by Gasteiger charge is 2.31. The average molecular weight is 392 g/mol. The second kappa shape index (κ2) is 8.07. The van der Waals surface area contributed by atoms with Crippen LogP contribution in [0.5, 0.6) is 0 Å². The van der Waals surface area contributed by atoms with Gasteiger partial charge in [0.05, 0.1) is 23.3 Å². The summed E-state index contributed by atoms with van der Waals surface area (Å²) in [5, 5.41) is 2.89. The van der Waals surface area contributed by atoms with Gasteiger partial charge in [-0.1, -0.05) is 12.2 Å². The van der Waals surface area contributed by atoms with Crippen LogP contribution in [-0.2, 0) is 19.7 Å². The Labute approximate surface area is 151 Å². The zero-order chi connectivity index (χ0) is 18.7. The predicted octanol–water partition coefficient (Wildman–Crippen LogP) is 0.452. The molecule has 0 saturated carbocycles. The zero-order valence-corrected chi connectivity index (χ0v) is 16.7. The van der Waals surface area contributed by atoms with Crippen LogP contribution >= 0.6 is 0 Å². The minimum Gasteiger partial charge on any atom is -0.356 e. The Hall–Kier alpha value is -1.09. The molecular formula is C16H29N3O4S2. The molecule has 2 rings (SSSR count). The van der Waals surface area contributed by atoms with Crippen molar-refractivity contribution in [2.75, 3.05) is 43.9 Å².